The standard InChI is InChI=1S/C13H23NO2/c1-16-13(15)12-9-14-8-11(12)7-10-5-3-2-4-6-10/h10-12,14H,2-9H2,1H3. The first kappa shape index (κ1) is 11.9. The smallest absolute Gasteiger partial charge is 0.310 e. The third-order valence-electron chi connectivity index (χ3n) is 4.20. The monoisotopic (exact) mass is 225 g/mol. The number of carbonyl (C=O) groups excluding carboxylic acids is 1. The van der Waals surface area contributed by atoms with Gasteiger partial charge in [-0.2, -0.15) is 0 Å². The van der Waals surface area contributed by atoms with E-state index in [2.05, 4.69) is 5.32 Å². The molecule has 1 saturated carbocycles. The van der Waals surface area contributed by atoms with E-state index >= 15 is 0 Å². The van der Waals surface area contributed by atoms with Gasteiger partial charge in [-0.25, -0.2) is 0 Å². The summed E-state index contributed by atoms with van der Waals surface area (Å²) < 4.78 is 4.87. The number of esters is 1. The van der Waals surface area contributed by atoms with Gasteiger partial charge < -0.3 is 10.1 Å². The summed E-state index contributed by atoms with van der Waals surface area (Å²) in [5, 5.41) is 3.33. The molecule has 1 heterocycles. The Bertz CT molecular complexity index is 236. The molecule has 2 aliphatic rings. The fraction of sp³-hybridized carbons (Fsp3) is 0.923. The Hall–Kier alpha value is -0.570. The van der Waals surface area contributed by atoms with Gasteiger partial charge >= 0.3 is 5.97 Å². The van der Waals surface area contributed by atoms with E-state index in [4.69, 9.17) is 4.74 Å². The van der Waals surface area contributed by atoms with Crippen LogP contribution in [-0.4, -0.2) is 26.2 Å². The Morgan fingerprint density at radius 3 is 2.69 bits per heavy atom. The van der Waals surface area contributed by atoms with Crippen LogP contribution in [0.4, 0.5) is 0 Å². The molecule has 0 amide bonds. The zero-order valence-electron chi connectivity index (χ0n) is 10.2. The van der Waals surface area contributed by atoms with Crippen LogP contribution in [-0.2, 0) is 9.53 Å². The first-order valence-electron chi connectivity index (χ1n) is 6.60. The average Bonchev–Trinajstić information content (AvgIpc) is 2.77. The SMILES string of the molecule is COC(=O)C1CNCC1CC1CCCCC1. The molecule has 2 atom stereocenters. The molecular formula is C13H23NO2. The zero-order valence-corrected chi connectivity index (χ0v) is 10.2. The van der Waals surface area contributed by atoms with Crippen LogP contribution < -0.4 is 5.32 Å². The van der Waals surface area contributed by atoms with Crippen LogP contribution in [0.5, 0.6) is 0 Å². The third-order valence-corrected chi connectivity index (χ3v) is 4.20. The Morgan fingerprint density at radius 2 is 2.00 bits per heavy atom. The minimum atomic E-state index is -0.0224. The van der Waals surface area contributed by atoms with E-state index < -0.39 is 0 Å². The number of nitrogens with one attached hydrogen (secondary N) is 1. The molecule has 3 nitrogen and oxygen atoms in total. The average molecular weight is 225 g/mol. The zero-order chi connectivity index (χ0) is 11.4. The van der Waals surface area contributed by atoms with Gasteiger partial charge in [-0.15, -0.1) is 0 Å². The summed E-state index contributed by atoms with van der Waals surface area (Å²) >= 11 is 0. The van der Waals surface area contributed by atoms with Crippen LogP contribution in [0.2, 0.25) is 0 Å². The van der Waals surface area contributed by atoms with Crippen LogP contribution in [0.25, 0.3) is 0 Å². The van der Waals surface area contributed by atoms with Crippen molar-refractivity contribution in [2.75, 3.05) is 20.2 Å². The van der Waals surface area contributed by atoms with E-state index in [9.17, 15) is 4.79 Å². The van der Waals surface area contributed by atoms with Gasteiger partial charge in [0.2, 0.25) is 0 Å². The summed E-state index contributed by atoms with van der Waals surface area (Å²) in [7, 11) is 1.50. The quantitative estimate of drug-likeness (QED) is 0.746. The molecule has 2 unspecified atom stereocenters. The van der Waals surface area contributed by atoms with Crippen molar-refractivity contribution >= 4 is 5.97 Å². The molecule has 1 saturated heterocycles. The molecule has 0 spiro atoms. The lowest BCUT2D eigenvalue weighted by molar-refractivity contribution is -0.146. The third kappa shape index (κ3) is 2.76. The Kier molecular flexibility index (Phi) is 4.22. The first-order chi connectivity index (χ1) is 7.81. The summed E-state index contributed by atoms with van der Waals surface area (Å²) in [5.41, 5.74) is 0. The summed E-state index contributed by atoms with van der Waals surface area (Å²) in [6.45, 7) is 1.81. The largest absolute Gasteiger partial charge is 0.469 e. The van der Waals surface area contributed by atoms with Crippen molar-refractivity contribution in [2.24, 2.45) is 17.8 Å². The summed E-state index contributed by atoms with van der Waals surface area (Å²) in [5.74, 6) is 1.44. The van der Waals surface area contributed by atoms with E-state index in [0.29, 0.717) is 5.92 Å². The summed E-state index contributed by atoms with van der Waals surface area (Å²) in [6.07, 6.45) is 8.11. The normalized spacial score (nSPS) is 31.6. The highest BCUT2D eigenvalue weighted by molar-refractivity contribution is 5.73. The minimum absolute atomic E-state index is 0.0224. The van der Waals surface area contributed by atoms with E-state index in [1.54, 1.807) is 0 Å². The topological polar surface area (TPSA) is 38.3 Å². The van der Waals surface area contributed by atoms with E-state index in [1.165, 1.54) is 45.6 Å². The van der Waals surface area contributed by atoms with Gasteiger partial charge in [-0.3, -0.25) is 4.79 Å². The Morgan fingerprint density at radius 1 is 1.25 bits per heavy atom. The molecule has 92 valence electrons. The van der Waals surface area contributed by atoms with E-state index in [0.717, 1.165) is 19.0 Å². The van der Waals surface area contributed by atoms with Gasteiger partial charge in [0, 0.05) is 6.54 Å². The molecule has 1 N–H and O–H groups in total. The van der Waals surface area contributed by atoms with Gasteiger partial charge in [-0.05, 0) is 24.8 Å². The van der Waals surface area contributed by atoms with Crippen molar-refractivity contribution in [3.63, 3.8) is 0 Å². The summed E-state index contributed by atoms with van der Waals surface area (Å²) in [4.78, 5) is 11.6. The van der Waals surface area contributed by atoms with Crippen molar-refractivity contribution < 1.29 is 9.53 Å². The number of ether oxygens (including phenoxy) is 1. The number of hydrogen-bond acceptors (Lipinski definition) is 3. The van der Waals surface area contributed by atoms with Gasteiger partial charge in [0.25, 0.3) is 0 Å². The maximum absolute atomic E-state index is 11.6. The maximum Gasteiger partial charge on any atom is 0.310 e. The van der Waals surface area contributed by atoms with Crippen LogP contribution >= 0.6 is 0 Å². The van der Waals surface area contributed by atoms with Crippen LogP contribution in [0.3, 0.4) is 0 Å². The lowest BCUT2D eigenvalue weighted by atomic mass is 9.79. The van der Waals surface area contributed by atoms with Crippen molar-refractivity contribution in [2.45, 2.75) is 38.5 Å². The first-order valence-corrected chi connectivity index (χ1v) is 6.60. The number of methoxy groups -OCH3 is 1. The predicted molar refractivity (Wildman–Crippen MR) is 63.1 cm³/mol. The Labute approximate surface area is 97.9 Å². The fourth-order valence-electron chi connectivity index (χ4n) is 3.26. The number of hydrogen-bond donors (Lipinski definition) is 1. The highest BCUT2D eigenvalue weighted by Crippen LogP contribution is 2.33. The second-order valence-electron chi connectivity index (χ2n) is 5.29. The van der Waals surface area contributed by atoms with Crippen LogP contribution in [0.1, 0.15) is 38.5 Å². The second kappa shape index (κ2) is 5.67. The molecule has 0 bridgehead atoms. The second-order valence-corrected chi connectivity index (χ2v) is 5.29. The fourth-order valence-corrected chi connectivity index (χ4v) is 3.26. The highest BCUT2D eigenvalue weighted by Gasteiger charge is 2.35. The van der Waals surface area contributed by atoms with Gasteiger partial charge in [0.15, 0.2) is 0 Å². The van der Waals surface area contributed by atoms with Crippen molar-refractivity contribution in [1.82, 2.24) is 5.32 Å². The van der Waals surface area contributed by atoms with Gasteiger partial charge in [-0.1, -0.05) is 32.1 Å². The number of rotatable bonds is 3. The number of carbonyl (C=O) groups is 1. The van der Waals surface area contributed by atoms with Crippen molar-refractivity contribution in [1.29, 1.82) is 0 Å². The predicted octanol–water partition coefficient (Wildman–Crippen LogP) is 1.97. The van der Waals surface area contributed by atoms with Crippen LogP contribution in [0, 0.1) is 17.8 Å². The van der Waals surface area contributed by atoms with Crippen LogP contribution in [0.15, 0.2) is 0 Å². The summed E-state index contributed by atoms with van der Waals surface area (Å²) in [6, 6.07) is 0. The lowest BCUT2D eigenvalue weighted by Gasteiger charge is -2.26. The molecular weight excluding hydrogens is 202 g/mol. The molecule has 0 aromatic heterocycles. The molecule has 3 heteroatoms. The van der Waals surface area contributed by atoms with Gasteiger partial charge in [0.05, 0.1) is 13.0 Å². The highest BCUT2D eigenvalue weighted by atomic mass is 16.5. The van der Waals surface area contributed by atoms with Crippen molar-refractivity contribution in [3.05, 3.63) is 0 Å². The minimum Gasteiger partial charge on any atom is -0.469 e. The molecule has 0 aromatic carbocycles. The molecule has 0 aromatic rings. The van der Waals surface area contributed by atoms with Crippen molar-refractivity contribution in [3.8, 4) is 0 Å². The molecule has 2 fully saturated rings. The molecule has 2 rings (SSSR count). The molecule has 16 heavy (non-hydrogen) atoms. The van der Waals surface area contributed by atoms with Gasteiger partial charge in [0.1, 0.15) is 0 Å². The maximum atomic E-state index is 11.6. The molecule has 0 radical (unpaired) electrons. The van der Waals surface area contributed by atoms with E-state index in [-0.39, 0.29) is 11.9 Å². The molecule has 1 aliphatic carbocycles. The Balaban J connectivity index is 1.85. The molecule has 1 aliphatic heterocycles. The lowest BCUT2D eigenvalue weighted by Crippen LogP contribution is -2.26. The van der Waals surface area contributed by atoms with E-state index in [1.807, 2.05) is 0 Å².